The van der Waals surface area contributed by atoms with Crippen molar-refractivity contribution in [3.8, 4) is 16.9 Å². The third-order valence-corrected chi connectivity index (χ3v) is 2.94. The predicted molar refractivity (Wildman–Crippen MR) is 82.5 cm³/mol. The maximum absolute atomic E-state index is 11.5. The van der Waals surface area contributed by atoms with Gasteiger partial charge in [0.05, 0.1) is 11.3 Å². The average Bonchev–Trinajstić information content (AvgIpc) is 2.53. The van der Waals surface area contributed by atoms with Gasteiger partial charge in [0.25, 0.3) is 0 Å². The van der Waals surface area contributed by atoms with Gasteiger partial charge in [-0.1, -0.05) is 6.07 Å². The molecule has 1 heterocycles. The molecule has 0 fully saturated rings. The molecule has 0 saturated heterocycles. The lowest BCUT2D eigenvalue weighted by Crippen LogP contribution is -2.13. The Morgan fingerprint density at radius 3 is 2.70 bits per heavy atom. The summed E-state index contributed by atoms with van der Waals surface area (Å²) in [5, 5.41) is 11.8. The Kier molecular flexibility index (Phi) is 5.03. The summed E-state index contributed by atoms with van der Waals surface area (Å²) < 4.78 is 5.27. The molecule has 2 rings (SSSR count). The van der Waals surface area contributed by atoms with Crippen molar-refractivity contribution in [1.82, 2.24) is 4.98 Å². The number of amides is 1. The van der Waals surface area contributed by atoms with Gasteiger partial charge in [-0.05, 0) is 23.8 Å². The average molecular weight is 314 g/mol. The largest absolute Gasteiger partial charge is 0.484 e. The number of aromatic carboxylic acids is 1. The number of benzene rings is 1. The van der Waals surface area contributed by atoms with E-state index in [4.69, 9.17) is 4.74 Å². The van der Waals surface area contributed by atoms with E-state index in [-0.39, 0.29) is 23.6 Å². The Morgan fingerprint density at radius 1 is 1.35 bits per heavy atom. The minimum atomic E-state index is -1.23. The highest BCUT2D eigenvalue weighted by Gasteiger charge is 2.19. The number of aromatic nitrogens is 1. The minimum Gasteiger partial charge on any atom is -0.484 e. The Balaban J connectivity index is 2.63. The molecule has 2 aromatic rings. The van der Waals surface area contributed by atoms with Gasteiger partial charge in [0, 0.05) is 24.9 Å². The number of hydrogen-bond donors (Lipinski definition) is 2. The third-order valence-electron chi connectivity index (χ3n) is 2.94. The molecule has 1 aromatic heterocycles. The Labute approximate surface area is 131 Å². The van der Waals surface area contributed by atoms with Crippen molar-refractivity contribution >= 4 is 23.9 Å². The zero-order valence-electron chi connectivity index (χ0n) is 12.3. The van der Waals surface area contributed by atoms with E-state index in [9.17, 15) is 19.5 Å². The fourth-order valence-electron chi connectivity index (χ4n) is 2.03. The third kappa shape index (κ3) is 3.91. The van der Waals surface area contributed by atoms with Gasteiger partial charge in [-0.15, -0.1) is 0 Å². The van der Waals surface area contributed by atoms with Crippen molar-refractivity contribution in [2.45, 2.75) is 6.92 Å². The molecule has 2 N–H and O–H groups in total. The molecular formula is C16H14N2O5. The normalized spacial score (nSPS) is 9.96. The first-order valence-electron chi connectivity index (χ1n) is 6.68. The van der Waals surface area contributed by atoms with E-state index >= 15 is 0 Å². The second-order valence-corrected chi connectivity index (χ2v) is 4.60. The molecule has 0 radical (unpaired) electrons. The van der Waals surface area contributed by atoms with E-state index < -0.39 is 11.9 Å². The minimum absolute atomic E-state index is 0.0134. The van der Waals surface area contributed by atoms with Crippen LogP contribution >= 0.6 is 0 Å². The van der Waals surface area contributed by atoms with Crippen LogP contribution in [0.1, 0.15) is 17.3 Å². The van der Waals surface area contributed by atoms with Gasteiger partial charge in [-0.3, -0.25) is 14.6 Å². The van der Waals surface area contributed by atoms with Gasteiger partial charge in [-0.25, -0.2) is 4.79 Å². The van der Waals surface area contributed by atoms with Crippen molar-refractivity contribution in [1.29, 1.82) is 0 Å². The summed E-state index contributed by atoms with van der Waals surface area (Å²) in [6.45, 7) is 0.992. The van der Waals surface area contributed by atoms with E-state index in [2.05, 4.69) is 10.3 Å². The van der Waals surface area contributed by atoms with Crippen molar-refractivity contribution in [2.24, 2.45) is 0 Å². The molecule has 1 aromatic carbocycles. The number of carboxylic acid groups (broad SMARTS) is 1. The number of carbonyl (C=O) groups excluding carboxylic acids is 2. The number of nitrogens with one attached hydrogen (secondary N) is 1. The molecule has 0 aliphatic rings. The molecule has 0 unspecified atom stereocenters. The van der Waals surface area contributed by atoms with Gasteiger partial charge in [-0.2, -0.15) is 0 Å². The number of aldehydes is 1. The zero-order valence-corrected chi connectivity index (χ0v) is 12.3. The predicted octanol–water partition coefficient (Wildman–Crippen LogP) is 1.98. The standard InChI is InChI=1S/C16H14N2O5/c1-10(20)18-15-13(16(21)22)7-12(8-14(15)23-6-5-19)11-3-2-4-17-9-11/h2-5,7-9H,6H2,1H3,(H,18,20)(H,21,22). The van der Waals surface area contributed by atoms with Crippen LogP contribution in [0.2, 0.25) is 0 Å². The molecule has 7 heteroatoms. The summed E-state index contributed by atoms with van der Waals surface area (Å²) >= 11 is 0. The molecule has 0 saturated carbocycles. The molecule has 0 aliphatic heterocycles. The van der Waals surface area contributed by atoms with Crippen molar-refractivity contribution in [3.05, 3.63) is 42.2 Å². The van der Waals surface area contributed by atoms with E-state index in [1.807, 2.05) is 0 Å². The molecule has 118 valence electrons. The molecule has 1 amide bonds. The van der Waals surface area contributed by atoms with Crippen LogP contribution in [0.5, 0.6) is 5.75 Å². The lowest BCUT2D eigenvalue weighted by atomic mass is 10.0. The van der Waals surface area contributed by atoms with E-state index in [0.717, 1.165) is 0 Å². The Morgan fingerprint density at radius 2 is 2.13 bits per heavy atom. The molecule has 0 atom stereocenters. The SMILES string of the molecule is CC(=O)Nc1c(OCC=O)cc(-c2cccnc2)cc1C(=O)O. The zero-order chi connectivity index (χ0) is 16.8. The topological polar surface area (TPSA) is 106 Å². The number of nitrogens with zero attached hydrogens (tertiary/aromatic N) is 1. The number of anilines is 1. The molecule has 0 aliphatic carbocycles. The van der Waals surface area contributed by atoms with Crippen LogP contribution in [0.4, 0.5) is 5.69 Å². The van der Waals surface area contributed by atoms with Crippen molar-refractivity contribution < 1.29 is 24.2 Å². The lowest BCUT2D eigenvalue weighted by Gasteiger charge is -2.15. The van der Waals surface area contributed by atoms with E-state index in [0.29, 0.717) is 17.4 Å². The second kappa shape index (κ2) is 7.17. The van der Waals surface area contributed by atoms with Crippen LogP contribution in [-0.2, 0) is 9.59 Å². The molecule has 0 spiro atoms. The molecule has 0 bridgehead atoms. The smallest absolute Gasteiger partial charge is 0.337 e. The second-order valence-electron chi connectivity index (χ2n) is 4.60. The maximum atomic E-state index is 11.5. The summed E-state index contributed by atoms with van der Waals surface area (Å²) in [7, 11) is 0. The van der Waals surface area contributed by atoms with Crippen molar-refractivity contribution in [3.63, 3.8) is 0 Å². The van der Waals surface area contributed by atoms with Crippen LogP contribution in [0.3, 0.4) is 0 Å². The summed E-state index contributed by atoms with van der Waals surface area (Å²) in [6, 6.07) is 6.44. The van der Waals surface area contributed by atoms with Gasteiger partial charge >= 0.3 is 5.97 Å². The summed E-state index contributed by atoms with van der Waals surface area (Å²) in [6.07, 6.45) is 3.70. The van der Waals surface area contributed by atoms with E-state index in [1.54, 1.807) is 30.6 Å². The monoisotopic (exact) mass is 314 g/mol. The van der Waals surface area contributed by atoms with Gasteiger partial charge in [0.1, 0.15) is 12.4 Å². The number of hydrogen-bond acceptors (Lipinski definition) is 5. The highest BCUT2D eigenvalue weighted by atomic mass is 16.5. The quantitative estimate of drug-likeness (QED) is 0.790. The van der Waals surface area contributed by atoms with Crippen LogP contribution < -0.4 is 10.1 Å². The fourth-order valence-corrected chi connectivity index (χ4v) is 2.03. The Hall–Kier alpha value is -3.22. The van der Waals surface area contributed by atoms with Gasteiger partial charge in [0.2, 0.25) is 5.91 Å². The molecular weight excluding hydrogens is 300 g/mol. The van der Waals surface area contributed by atoms with Crippen LogP contribution in [0.15, 0.2) is 36.7 Å². The van der Waals surface area contributed by atoms with Crippen molar-refractivity contribution in [2.75, 3.05) is 11.9 Å². The first-order chi connectivity index (χ1) is 11.0. The van der Waals surface area contributed by atoms with Crippen LogP contribution in [0.25, 0.3) is 11.1 Å². The first kappa shape index (κ1) is 16.2. The summed E-state index contributed by atoms with van der Waals surface area (Å²) in [4.78, 5) is 37.4. The fraction of sp³-hybridized carbons (Fsp3) is 0.125. The van der Waals surface area contributed by atoms with E-state index in [1.165, 1.54) is 13.0 Å². The molecule has 23 heavy (non-hydrogen) atoms. The molecule has 7 nitrogen and oxygen atoms in total. The lowest BCUT2D eigenvalue weighted by molar-refractivity contribution is -0.114. The van der Waals surface area contributed by atoms with Crippen LogP contribution in [0, 0.1) is 0 Å². The summed E-state index contributed by atoms with van der Waals surface area (Å²) in [5.74, 6) is -1.57. The number of carboxylic acids is 1. The highest BCUT2D eigenvalue weighted by molar-refractivity contribution is 6.03. The van der Waals surface area contributed by atoms with Gasteiger partial charge in [0.15, 0.2) is 6.29 Å². The maximum Gasteiger partial charge on any atom is 0.337 e. The Bertz CT molecular complexity index is 744. The first-order valence-corrected chi connectivity index (χ1v) is 6.68. The number of pyridine rings is 1. The number of carbonyl (C=O) groups is 3. The van der Waals surface area contributed by atoms with Crippen LogP contribution in [-0.4, -0.2) is 34.9 Å². The number of rotatable bonds is 6. The number of ether oxygens (including phenoxy) is 1. The highest BCUT2D eigenvalue weighted by Crippen LogP contribution is 2.34. The van der Waals surface area contributed by atoms with Gasteiger partial charge < -0.3 is 15.2 Å². The summed E-state index contributed by atoms with van der Waals surface area (Å²) in [5.41, 5.74) is 1.10.